The monoisotopic (exact) mass is 426 g/mol. The van der Waals surface area contributed by atoms with Gasteiger partial charge in [0.15, 0.2) is 0 Å². The molecule has 3 rings (SSSR count). The molecule has 1 fully saturated rings. The molecule has 0 radical (unpaired) electrons. The minimum Gasteiger partial charge on any atom is -0.207 e. The molecule has 1 aliphatic rings. The van der Waals surface area contributed by atoms with Crippen LogP contribution in [0.1, 0.15) is 55.6 Å². The minimum absolute atomic E-state index is 0.0326. The average molecular weight is 426 g/mol. The van der Waals surface area contributed by atoms with E-state index in [9.17, 15) is 26.3 Å². The maximum atomic E-state index is 14.7. The van der Waals surface area contributed by atoms with Crippen molar-refractivity contribution >= 4 is 0 Å². The molecular weight excluding hydrogens is 402 g/mol. The van der Waals surface area contributed by atoms with Gasteiger partial charge in [-0.15, -0.1) is 6.58 Å². The third-order valence-corrected chi connectivity index (χ3v) is 5.92. The first-order chi connectivity index (χ1) is 14.2. The predicted octanol–water partition coefficient (Wildman–Crippen LogP) is 8.12. The largest absolute Gasteiger partial charge is 0.393 e. The van der Waals surface area contributed by atoms with Crippen molar-refractivity contribution in [1.82, 2.24) is 0 Å². The Morgan fingerprint density at radius 2 is 1.53 bits per heavy atom. The number of rotatable bonds is 6. The van der Waals surface area contributed by atoms with Crippen LogP contribution in [0.3, 0.4) is 0 Å². The Bertz CT molecular complexity index is 868. The van der Waals surface area contributed by atoms with Crippen LogP contribution in [0, 0.1) is 23.4 Å². The highest BCUT2D eigenvalue weighted by Crippen LogP contribution is 2.39. The normalized spacial score (nSPS) is 19.7. The molecule has 0 amide bonds. The van der Waals surface area contributed by atoms with Crippen molar-refractivity contribution in [3.63, 3.8) is 0 Å². The lowest BCUT2D eigenvalue weighted by Crippen LogP contribution is -2.14. The molecule has 162 valence electrons. The Labute approximate surface area is 172 Å². The summed E-state index contributed by atoms with van der Waals surface area (Å²) in [7, 11) is 0. The zero-order valence-corrected chi connectivity index (χ0v) is 16.5. The summed E-state index contributed by atoms with van der Waals surface area (Å²) >= 11 is 0. The number of hydrogen-bond acceptors (Lipinski definition) is 0. The number of benzene rings is 2. The smallest absolute Gasteiger partial charge is 0.207 e. The lowest BCUT2D eigenvalue weighted by atomic mass is 9.77. The first-order valence-electron chi connectivity index (χ1n) is 10.1. The first-order valence-corrected chi connectivity index (χ1v) is 10.1. The summed E-state index contributed by atoms with van der Waals surface area (Å²) in [5.41, 5.74) is -0.368. The highest BCUT2D eigenvalue weighted by atomic mass is 19.4. The van der Waals surface area contributed by atoms with Gasteiger partial charge in [-0.1, -0.05) is 18.2 Å². The molecule has 0 aliphatic heterocycles. The zero-order valence-electron chi connectivity index (χ0n) is 16.5. The molecule has 0 unspecified atom stereocenters. The molecule has 1 aliphatic carbocycles. The van der Waals surface area contributed by atoms with Gasteiger partial charge in [-0.2, -0.15) is 13.2 Å². The summed E-state index contributed by atoms with van der Waals surface area (Å²) in [6.07, 6.45) is 1.63. The quantitative estimate of drug-likeness (QED) is 0.323. The summed E-state index contributed by atoms with van der Waals surface area (Å²) in [5, 5.41) is 0. The van der Waals surface area contributed by atoms with Gasteiger partial charge >= 0.3 is 6.18 Å². The summed E-state index contributed by atoms with van der Waals surface area (Å²) < 4.78 is 80.4. The molecule has 6 heteroatoms. The lowest BCUT2D eigenvalue weighted by Gasteiger charge is -2.28. The van der Waals surface area contributed by atoms with Gasteiger partial charge in [0.25, 0.3) is 0 Å². The van der Waals surface area contributed by atoms with E-state index in [2.05, 4.69) is 6.58 Å². The van der Waals surface area contributed by atoms with E-state index in [1.54, 1.807) is 6.07 Å². The second-order valence-electron chi connectivity index (χ2n) is 8.03. The summed E-state index contributed by atoms with van der Waals surface area (Å²) in [5.74, 6) is -2.41. The predicted molar refractivity (Wildman–Crippen MR) is 106 cm³/mol. The zero-order chi connectivity index (χ0) is 21.9. The van der Waals surface area contributed by atoms with Crippen molar-refractivity contribution in [1.29, 1.82) is 0 Å². The van der Waals surface area contributed by atoms with Crippen LogP contribution in [-0.4, -0.2) is 6.18 Å². The van der Waals surface area contributed by atoms with Gasteiger partial charge in [0.1, 0.15) is 17.5 Å². The van der Waals surface area contributed by atoms with E-state index < -0.39 is 35.6 Å². The molecule has 2 aromatic carbocycles. The van der Waals surface area contributed by atoms with Crippen LogP contribution in [0.25, 0.3) is 11.1 Å². The number of allylic oxidation sites excluding steroid dienone is 1. The Hall–Kier alpha value is -2.24. The molecule has 0 N–H and O–H groups in total. The fraction of sp³-hybridized carbons (Fsp3) is 0.417. The fourth-order valence-corrected chi connectivity index (χ4v) is 4.29. The van der Waals surface area contributed by atoms with Gasteiger partial charge < -0.3 is 0 Å². The van der Waals surface area contributed by atoms with Gasteiger partial charge in [0.2, 0.25) is 0 Å². The van der Waals surface area contributed by atoms with Crippen LogP contribution in [0.5, 0.6) is 0 Å². The minimum atomic E-state index is -4.74. The van der Waals surface area contributed by atoms with E-state index >= 15 is 0 Å². The maximum absolute atomic E-state index is 14.7. The van der Waals surface area contributed by atoms with E-state index in [0.717, 1.165) is 56.2 Å². The summed E-state index contributed by atoms with van der Waals surface area (Å²) in [6.45, 7) is 3.74. The summed E-state index contributed by atoms with van der Waals surface area (Å²) in [4.78, 5) is 0. The third kappa shape index (κ3) is 5.46. The van der Waals surface area contributed by atoms with Crippen molar-refractivity contribution in [2.45, 2.75) is 57.0 Å². The second kappa shape index (κ2) is 9.27. The fourth-order valence-electron chi connectivity index (χ4n) is 4.29. The highest BCUT2D eigenvalue weighted by molar-refractivity contribution is 5.65. The molecule has 0 atom stereocenters. The van der Waals surface area contributed by atoms with E-state index in [-0.39, 0.29) is 17.0 Å². The SMILES string of the molecule is C=CCCC1CCC(c2ccc(-c3cc(F)c(CC(F)(F)F)c(F)c3)c(F)c2)CC1. The molecule has 0 heterocycles. The summed E-state index contributed by atoms with van der Waals surface area (Å²) in [6, 6.07) is 6.09. The molecule has 1 saturated carbocycles. The second-order valence-corrected chi connectivity index (χ2v) is 8.03. The van der Waals surface area contributed by atoms with Crippen LogP contribution in [0.15, 0.2) is 43.0 Å². The Morgan fingerprint density at radius 1 is 0.900 bits per heavy atom. The molecule has 0 spiro atoms. The van der Waals surface area contributed by atoms with Crippen molar-refractivity contribution in [3.8, 4) is 11.1 Å². The Morgan fingerprint density at radius 3 is 2.07 bits per heavy atom. The number of halogens is 6. The molecule has 2 aromatic rings. The van der Waals surface area contributed by atoms with Crippen LogP contribution >= 0.6 is 0 Å². The van der Waals surface area contributed by atoms with Crippen LogP contribution < -0.4 is 0 Å². The van der Waals surface area contributed by atoms with Crippen molar-refractivity contribution in [2.75, 3.05) is 0 Å². The van der Waals surface area contributed by atoms with Gasteiger partial charge in [-0.25, -0.2) is 13.2 Å². The van der Waals surface area contributed by atoms with E-state index in [1.807, 2.05) is 6.08 Å². The third-order valence-electron chi connectivity index (χ3n) is 5.92. The van der Waals surface area contributed by atoms with Gasteiger partial charge in [-0.05, 0) is 79.7 Å². The molecular formula is C24H24F6. The van der Waals surface area contributed by atoms with Crippen molar-refractivity contribution < 1.29 is 26.3 Å². The molecule has 0 bridgehead atoms. The Kier molecular flexibility index (Phi) is 6.94. The topological polar surface area (TPSA) is 0 Å². The van der Waals surface area contributed by atoms with Gasteiger partial charge in [0, 0.05) is 11.1 Å². The van der Waals surface area contributed by atoms with E-state index in [4.69, 9.17) is 0 Å². The maximum Gasteiger partial charge on any atom is 0.393 e. The van der Waals surface area contributed by atoms with E-state index in [1.165, 1.54) is 12.1 Å². The van der Waals surface area contributed by atoms with Crippen molar-refractivity contribution in [3.05, 3.63) is 71.6 Å². The van der Waals surface area contributed by atoms with Gasteiger partial charge in [-0.3, -0.25) is 0 Å². The molecule has 0 aromatic heterocycles. The molecule has 30 heavy (non-hydrogen) atoms. The van der Waals surface area contributed by atoms with Crippen LogP contribution in [0.4, 0.5) is 26.3 Å². The van der Waals surface area contributed by atoms with Gasteiger partial charge in [0.05, 0.1) is 6.42 Å². The molecule has 0 nitrogen and oxygen atoms in total. The van der Waals surface area contributed by atoms with E-state index in [0.29, 0.717) is 5.92 Å². The van der Waals surface area contributed by atoms with Crippen molar-refractivity contribution in [2.24, 2.45) is 5.92 Å². The molecule has 0 saturated heterocycles. The lowest BCUT2D eigenvalue weighted by molar-refractivity contribution is -0.128. The first kappa shape index (κ1) is 22.4. The standard InChI is InChI=1S/C24H24F6/c1-2-3-4-15-5-7-16(8-6-15)17-9-10-19(21(25)11-17)18-12-22(26)20(23(27)13-18)14-24(28,29)30/h2,9-13,15-16H,1,3-8,14H2. The highest BCUT2D eigenvalue weighted by Gasteiger charge is 2.31. The number of hydrogen-bond donors (Lipinski definition) is 0. The Balaban J connectivity index is 1.77. The van der Waals surface area contributed by atoms with Crippen LogP contribution in [-0.2, 0) is 6.42 Å². The number of alkyl halides is 3. The van der Waals surface area contributed by atoms with Crippen LogP contribution in [0.2, 0.25) is 0 Å². The average Bonchev–Trinajstić information content (AvgIpc) is 2.68.